The monoisotopic (exact) mass is 252 g/mol. The number of ether oxygens (including phenoxy) is 1. The summed E-state index contributed by atoms with van der Waals surface area (Å²) in [4.78, 5) is 12.9. The summed E-state index contributed by atoms with van der Waals surface area (Å²) in [5, 5.41) is 0. The van der Waals surface area contributed by atoms with Crippen LogP contribution in [0.5, 0.6) is 0 Å². The van der Waals surface area contributed by atoms with Gasteiger partial charge in [0.1, 0.15) is 5.60 Å². The minimum atomic E-state index is -2.55. The summed E-state index contributed by atoms with van der Waals surface area (Å²) in [5.41, 5.74) is 4.75. The number of carbonyl (C=O) groups is 1. The molecule has 0 aromatic heterocycles. The maximum absolute atomic E-state index is 11.4. The van der Waals surface area contributed by atoms with Gasteiger partial charge < -0.3 is 10.5 Å². The van der Waals surface area contributed by atoms with E-state index < -0.39 is 22.3 Å². The lowest BCUT2D eigenvalue weighted by atomic mass is 10.2. The van der Waals surface area contributed by atoms with Crippen LogP contribution in [0.4, 0.5) is 0 Å². The number of rotatable bonds is 6. The predicted molar refractivity (Wildman–Crippen MR) is 61.7 cm³/mol. The van der Waals surface area contributed by atoms with Crippen molar-refractivity contribution in [1.29, 1.82) is 0 Å². The van der Waals surface area contributed by atoms with Crippen LogP contribution in [0.1, 0.15) is 20.8 Å². The van der Waals surface area contributed by atoms with E-state index in [4.69, 9.17) is 10.5 Å². The van der Waals surface area contributed by atoms with Crippen LogP contribution in [-0.2, 0) is 20.2 Å². The standard InChI is InChI=1S/C9H20N2O4S/c1-9(2,3)15-8(12)6-11(5-4-10)7-16(13)14/h16H,4-7,10H2,1-3H3. The van der Waals surface area contributed by atoms with E-state index in [0.29, 0.717) is 13.1 Å². The molecule has 96 valence electrons. The minimum absolute atomic E-state index is 0.0578. The third kappa shape index (κ3) is 8.63. The highest BCUT2D eigenvalue weighted by Gasteiger charge is 2.18. The van der Waals surface area contributed by atoms with Gasteiger partial charge in [0.2, 0.25) is 0 Å². The average Bonchev–Trinajstić information content (AvgIpc) is 1.98. The predicted octanol–water partition coefficient (Wildman–Crippen LogP) is -0.842. The second-order valence-corrected chi connectivity index (χ2v) is 5.35. The fourth-order valence-corrected chi connectivity index (χ4v) is 1.67. The van der Waals surface area contributed by atoms with Gasteiger partial charge in [0.25, 0.3) is 0 Å². The molecule has 0 amide bonds. The summed E-state index contributed by atoms with van der Waals surface area (Å²) in [6.45, 7) is 5.86. The van der Waals surface area contributed by atoms with Gasteiger partial charge in [-0.3, -0.25) is 9.69 Å². The number of hydrogen-bond acceptors (Lipinski definition) is 6. The molecule has 0 aliphatic heterocycles. The highest BCUT2D eigenvalue weighted by Crippen LogP contribution is 2.07. The van der Waals surface area contributed by atoms with Crippen molar-refractivity contribution in [2.24, 2.45) is 5.73 Å². The van der Waals surface area contributed by atoms with Crippen LogP contribution in [0.3, 0.4) is 0 Å². The van der Waals surface area contributed by atoms with Crippen molar-refractivity contribution in [3.63, 3.8) is 0 Å². The number of carbonyl (C=O) groups excluding carboxylic acids is 1. The molecule has 7 heteroatoms. The number of thiol groups is 1. The van der Waals surface area contributed by atoms with E-state index >= 15 is 0 Å². The Morgan fingerprint density at radius 1 is 1.38 bits per heavy atom. The Morgan fingerprint density at radius 2 is 1.94 bits per heavy atom. The average molecular weight is 252 g/mol. The van der Waals surface area contributed by atoms with Crippen LogP contribution in [0.2, 0.25) is 0 Å². The Bertz CT molecular complexity index is 288. The molecule has 0 fully saturated rings. The van der Waals surface area contributed by atoms with Gasteiger partial charge in [-0.15, -0.1) is 0 Å². The van der Waals surface area contributed by atoms with Crippen molar-refractivity contribution >= 4 is 16.7 Å². The quantitative estimate of drug-likeness (QED) is 0.473. The summed E-state index contributed by atoms with van der Waals surface area (Å²) in [6, 6.07) is 0. The molecule has 0 aromatic rings. The van der Waals surface area contributed by atoms with E-state index in [1.165, 1.54) is 4.90 Å². The Morgan fingerprint density at radius 3 is 2.31 bits per heavy atom. The van der Waals surface area contributed by atoms with E-state index in [1.807, 2.05) is 0 Å². The molecular formula is C9H20N2O4S. The first-order chi connectivity index (χ1) is 7.24. The van der Waals surface area contributed by atoms with Crippen LogP contribution in [-0.4, -0.2) is 50.4 Å². The van der Waals surface area contributed by atoms with Gasteiger partial charge >= 0.3 is 5.97 Å². The van der Waals surface area contributed by atoms with Crippen molar-refractivity contribution < 1.29 is 17.9 Å². The van der Waals surface area contributed by atoms with Crippen molar-refractivity contribution in [2.45, 2.75) is 26.4 Å². The number of hydrogen-bond donors (Lipinski definition) is 2. The highest BCUT2D eigenvalue weighted by molar-refractivity contribution is 7.72. The Hall–Kier alpha value is -0.660. The second-order valence-electron chi connectivity index (χ2n) is 4.40. The molecule has 16 heavy (non-hydrogen) atoms. The highest BCUT2D eigenvalue weighted by atomic mass is 32.2. The first-order valence-corrected chi connectivity index (χ1v) is 6.37. The van der Waals surface area contributed by atoms with Crippen molar-refractivity contribution in [1.82, 2.24) is 4.90 Å². The van der Waals surface area contributed by atoms with Crippen LogP contribution in [0.15, 0.2) is 0 Å². The molecule has 0 atom stereocenters. The van der Waals surface area contributed by atoms with Gasteiger partial charge in [-0.1, -0.05) is 0 Å². The minimum Gasteiger partial charge on any atom is -0.459 e. The number of nitrogens with zero attached hydrogens (tertiary/aromatic N) is 1. The molecule has 0 unspecified atom stereocenters. The SMILES string of the molecule is CC(C)(C)OC(=O)CN(CCN)C[SH](=O)=O. The summed E-state index contributed by atoms with van der Waals surface area (Å²) in [5.74, 6) is -0.621. The summed E-state index contributed by atoms with van der Waals surface area (Å²) in [6.07, 6.45) is 0. The smallest absolute Gasteiger partial charge is 0.320 e. The lowest BCUT2D eigenvalue weighted by Gasteiger charge is -2.23. The van der Waals surface area contributed by atoms with Gasteiger partial charge in [-0.2, -0.15) is 0 Å². The number of esters is 1. The Labute approximate surface area is 97.7 Å². The van der Waals surface area contributed by atoms with Crippen LogP contribution >= 0.6 is 0 Å². The molecule has 0 aliphatic carbocycles. The van der Waals surface area contributed by atoms with Gasteiger partial charge in [0, 0.05) is 13.1 Å². The fourth-order valence-electron chi connectivity index (χ4n) is 1.10. The zero-order valence-corrected chi connectivity index (χ0v) is 10.8. The largest absolute Gasteiger partial charge is 0.459 e. The molecule has 0 rings (SSSR count). The first-order valence-electron chi connectivity index (χ1n) is 5.00. The second kappa shape index (κ2) is 6.82. The lowest BCUT2D eigenvalue weighted by molar-refractivity contribution is -0.155. The molecule has 0 saturated carbocycles. The van der Waals surface area contributed by atoms with Crippen molar-refractivity contribution in [3.8, 4) is 0 Å². The van der Waals surface area contributed by atoms with E-state index in [-0.39, 0.29) is 12.4 Å². The molecule has 0 radical (unpaired) electrons. The van der Waals surface area contributed by atoms with E-state index in [1.54, 1.807) is 20.8 Å². The molecule has 0 aliphatic rings. The number of nitrogens with two attached hydrogens (primary N) is 1. The van der Waals surface area contributed by atoms with Crippen molar-refractivity contribution in [3.05, 3.63) is 0 Å². The molecule has 0 saturated heterocycles. The lowest BCUT2D eigenvalue weighted by Crippen LogP contribution is -2.38. The molecule has 0 spiro atoms. The van der Waals surface area contributed by atoms with Crippen LogP contribution in [0.25, 0.3) is 0 Å². The molecule has 6 nitrogen and oxygen atoms in total. The van der Waals surface area contributed by atoms with Crippen molar-refractivity contribution in [2.75, 3.05) is 25.5 Å². The molecule has 2 N–H and O–H groups in total. The molecular weight excluding hydrogens is 232 g/mol. The first kappa shape index (κ1) is 15.3. The van der Waals surface area contributed by atoms with E-state index in [0.717, 1.165) is 0 Å². The molecule has 0 bridgehead atoms. The third-order valence-corrected chi connectivity index (χ3v) is 2.16. The summed E-state index contributed by atoms with van der Waals surface area (Å²) < 4.78 is 26.2. The summed E-state index contributed by atoms with van der Waals surface area (Å²) >= 11 is 0. The zero-order valence-electron chi connectivity index (χ0n) is 9.93. The molecule has 0 aromatic carbocycles. The van der Waals surface area contributed by atoms with Gasteiger partial charge in [-0.25, -0.2) is 8.42 Å². The van der Waals surface area contributed by atoms with Gasteiger partial charge in [0.15, 0.2) is 10.7 Å². The zero-order chi connectivity index (χ0) is 12.8. The third-order valence-electron chi connectivity index (χ3n) is 1.53. The van der Waals surface area contributed by atoms with E-state index in [2.05, 4.69) is 0 Å². The fraction of sp³-hybridized carbons (Fsp3) is 0.889. The normalized spacial score (nSPS) is 12.1. The van der Waals surface area contributed by atoms with E-state index in [9.17, 15) is 13.2 Å². The van der Waals surface area contributed by atoms with Gasteiger partial charge in [-0.05, 0) is 20.8 Å². The Balaban J connectivity index is 4.23. The maximum atomic E-state index is 11.4. The maximum Gasteiger partial charge on any atom is 0.320 e. The topological polar surface area (TPSA) is 89.7 Å². The van der Waals surface area contributed by atoms with Crippen LogP contribution in [0, 0.1) is 0 Å². The Kier molecular flexibility index (Phi) is 6.54. The summed E-state index contributed by atoms with van der Waals surface area (Å²) in [7, 11) is -2.55. The van der Waals surface area contributed by atoms with Gasteiger partial charge in [0.05, 0.1) is 12.4 Å². The molecule has 0 heterocycles. The van der Waals surface area contributed by atoms with Crippen LogP contribution < -0.4 is 5.73 Å².